The fourth-order valence-electron chi connectivity index (χ4n) is 1.34. The van der Waals surface area contributed by atoms with Crippen LogP contribution in [0.2, 0.25) is 0 Å². The average Bonchev–Trinajstić information content (AvgIpc) is 2.31. The van der Waals surface area contributed by atoms with Crippen molar-refractivity contribution in [3.05, 3.63) is 17.7 Å². The highest BCUT2D eigenvalue weighted by molar-refractivity contribution is 5.47. The van der Waals surface area contributed by atoms with Gasteiger partial charge in [0, 0.05) is 24.7 Å². The maximum atomic E-state index is 13.6. The Balaban J connectivity index is 2.86. The molecule has 1 rings (SSSR count). The van der Waals surface area contributed by atoms with Crippen molar-refractivity contribution in [3.8, 4) is 0 Å². The van der Waals surface area contributed by atoms with Crippen LogP contribution in [0.25, 0.3) is 0 Å². The fourth-order valence-corrected chi connectivity index (χ4v) is 1.34. The number of hydrogen-bond donors (Lipinski definition) is 2. The number of anilines is 2. The van der Waals surface area contributed by atoms with E-state index >= 15 is 0 Å². The van der Waals surface area contributed by atoms with Gasteiger partial charge in [-0.25, -0.2) is 13.8 Å². The Morgan fingerprint density at radius 2 is 1.68 bits per heavy atom. The first-order valence-electron chi connectivity index (χ1n) is 6.29. The Kier molecular flexibility index (Phi) is 5.05. The molecule has 1 aromatic rings. The molecule has 0 aliphatic rings. The number of aromatic nitrogens is 1. The largest absolute Gasteiger partial charge is 0.368 e. The first-order chi connectivity index (χ1) is 8.77. The van der Waals surface area contributed by atoms with E-state index in [2.05, 4.69) is 15.6 Å². The molecule has 108 valence electrons. The van der Waals surface area contributed by atoms with E-state index in [4.69, 9.17) is 0 Å². The van der Waals surface area contributed by atoms with Gasteiger partial charge in [-0.05, 0) is 34.9 Å². The SMILES string of the molecule is CCNc1nc(NCC(C)(C)N(C)C)c(F)cc1F. The molecular weight excluding hydrogens is 250 g/mol. The summed E-state index contributed by atoms with van der Waals surface area (Å²) in [6.45, 7) is 6.89. The van der Waals surface area contributed by atoms with Crippen molar-refractivity contribution in [2.45, 2.75) is 26.3 Å². The number of nitrogens with zero attached hydrogens (tertiary/aromatic N) is 2. The maximum absolute atomic E-state index is 13.6. The Morgan fingerprint density at radius 3 is 2.16 bits per heavy atom. The lowest BCUT2D eigenvalue weighted by Crippen LogP contribution is -2.44. The third-order valence-corrected chi connectivity index (χ3v) is 3.17. The molecule has 6 heteroatoms. The van der Waals surface area contributed by atoms with Crippen molar-refractivity contribution in [3.63, 3.8) is 0 Å². The number of hydrogen-bond acceptors (Lipinski definition) is 4. The molecule has 0 aliphatic carbocycles. The van der Waals surface area contributed by atoms with Crippen LogP contribution >= 0.6 is 0 Å². The Labute approximate surface area is 113 Å². The van der Waals surface area contributed by atoms with Crippen LogP contribution in [0, 0.1) is 11.6 Å². The minimum absolute atomic E-state index is 0.0623. The number of halogens is 2. The van der Waals surface area contributed by atoms with E-state index in [1.54, 1.807) is 0 Å². The number of likely N-dealkylation sites (N-methyl/N-ethyl adjacent to an activating group) is 1. The molecule has 0 saturated carbocycles. The monoisotopic (exact) mass is 272 g/mol. The lowest BCUT2D eigenvalue weighted by molar-refractivity contribution is 0.209. The molecule has 0 bridgehead atoms. The highest BCUT2D eigenvalue weighted by atomic mass is 19.1. The molecule has 1 heterocycles. The van der Waals surface area contributed by atoms with Crippen molar-refractivity contribution in [2.24, 2.45) is 0 Å². The first kappa shape index (κ1) is 15.6. The summed E-state index contributed by atoms with van der Waals surface area (Å²) >= 11 is 0. The molecule has 0 aromatic carbocycles. The molecule has 4 nitrogen and oxygen atoms in total. The molecule has 0 unspecified atom stereocenters. The van der Waals surface area contributed by atoms with Crippen molar-refractivity contribution in [2.75, 3.05) is 37.8 Å². The fraction of sp³-hybridized carbons (Fsp3) is 0.615. The van der Waals surface area contributed by atoms with Crippen LogP contribution in [0.1, 0.15) is 20.8 Å². The normalized spacial score (nSPS) is 11.8. The number of rotatable bonds is 6. The topological polar surface area (TPSA) is 40.2 Å². The maximum Gasteiger partial charge on any atom is 0.168 e. The zero-order chi connectivity index (χ0) is 14.6. The molecule has 0 amide bonds. The average molecular weight is 272 g/mol. The Hall–Kier alpha value is -1.43. The predicted molar refractivity (Wildman–Crippen MR) is 74.6 cm³/mol. The van der Waals surface area contributed by atoms with Gasteiger partial charge in [0.05, 0.1) is 0 Å². The first-order valence-corrected chi connectivity index (χ1v) is 6.29. The van der Waals surface area contributed by atoms with E-state index in [0.29, 0.717) is 13.1 Å². The quantitative estimate of drug-likeness (QED) is 0.835. The molecule has 0 fully saturated rings. The molecular formula is C13H22F2N4. The summed E-state index contributed by atoms with van der Waals surface area (Å²) in [6.07, 6.45) is 0. The van der Waals surface area contributed by atoms with Crippen LogP contribution in [0.3, 0.4) is 0 Å². The summed E-state index contributed by atoms with van der Waals surface area (Å²) in [4.78, 5) is 5.95. The van der Waals surface area contributed by atoms with E-state index in [9.17, 15) is 8.78 Å². The Bertz CT molecular complexity index is 433. The van der Waals surface area contributed by atoms with Gasteiger partial charge in [-0.2, -0.15) is 0 Å². The van der Waals surface area contributed by atoms with Gasteiger partial charge in [0.2, 0.25) is 0 Å². The summed E-state index contributed by atoms with van der Waals surface area (Å²) in [7, 11) is 3.89. The minimum Gasteiger partial charge on any atom is -0.368 e. The van der Waals surface area contributed by atoms with Gasteiger partial charge in [0.1, 0.15) is 0 Å². The summed E-state index contributed by atoms with van der Waals surface area (Å²) in [5, 5.41) is 5.69. The molecule has 0 radical (unpaired) electrons. The van der Waals surface area contributed by atoms with Crippen molar-refractivity contribution >= 4 is 11.6 Å². The van der Waals surface area contributed by atoms with Crippen LogP contribution in [0.5, 0.6) is 0 Å². The minimum atomic E-state index is -0.686. The molecule has 19 heavy (non-hydrogen) atoms. The zero-order valence-electron chi connectivity index (χ0n) is 12.1. The van der Waals surface area contributed by atoms with Crippen molar-refractivity contribution in [1.82, 2.24) is 9.88 Å². The van der Waals surface area contributed by atoms with Crippen LogP contribution in [-0.4, -0.2) is 42.6 Å². The molecule has 2 N–H and O–H groups in total. The van der Waals surface area contributed by atoms with Gasteiger partial charge < -0.3 is 15.5 Å². The highest BCUT2D eigenvalue weighted by Gasteiger charge is 2.21. The summed E-state index contributed by atoms with van der Waals surface area (Å²) in [5.41, 5.74) is -0.166. The molecule has 0 spiro atoms. The van der Waals surface area contributed by atoms with Crippen LogP contribution in [0.15, 0.2) is 6.07 Å². The van der Waals surface area contributed by atoms with E-state index in [1.165, 1.54) is 0 Å². The summed E-state index contributed by atoms with van der Waals surface area (Å²) < 4.78 is 27.1. The lowest BCUT2D eigenvalue weighted by Gasteiger charge is -2.32. The predicted octanol–water partition coefficient (Wildman–Crippen LogP) is 2.54. The Morgan fingerprint density at radius 1 is 1.16 bits per heavy atom. The van der Waals surface area contributed by atoms with E-state index < -0.39 is 11.6 Å². The van der Waals surface area contributed by atoms with Gasteiger partial charge in [0.15, 0.2) is 23.3 Å². The van der Waals surface area contributed by atoms with Crippen molar-refractivity contribution in [1.29, 1.82) is 0 Å². The lowest BCUT2D eigenvalue weighted by atomic mass is 10.0. The van der Waals surface area contributed by atoms with E-state index in [1.807, 2.05) is 39.8 Å². The molecule has 0 saturated heterocycles. The van der Waals surface area contributed by atoms with Gasteiger partial charge in [-0.15, -0.1) is 0 Å². The second-order valence-corrected chi connectivity index (χ2v) is 5.24. The molecule has 0 aliphatic heterocycles. The van der Waals surface area contributed by atoms with Gasteiger partial charge in [-0.1, -0.05) is 0 Å². The van der Waals surface area contributed by atoms with Crippen LogP contribution in [-0.2, 0) is 0 Å². The molecule has 1 aromatic heterocycles. The third kappa shape index (κ3) is 4.02. The van der Waals surface area contributed by atoms with E-state index in [-0.39, 0.29) is 17.2 Å². The standard InChI is InChI=1S/C13H22F2N4/c1-6-16-11-9(14)7-10(15)12(18-11)17-8-13(2,3)19(4)5/h7H,6,8H2,1-5H3,(H2,16,17,18). The number of nitrogens with one attached hydrogen (secondary N) is 2. The van der Waals surface area contributed by atoms with Gasteiger partial charge in [-0.3, -0.25) is 0 Å². The second kappa shape index (κ2) is 6.14. The van der Waals surface area contributed by atoms with Crippen LogP contribution < -0.4 is 10.6 Å². The van der Waals surface area contributed by atoms with Gasteiger partial charge >= 0.3 is 0 Å². The van der Waals surface area contributed by atoms with E-state index in [0.717, 1.165) is 6.07 Å². The van der Waals surface area contributed by atoms with Gasteiger partial charge in [0.25, 0.3) is 0 Å². The smallest absolute Gasteiger partial charge is 0.168 e. The third-order valence-electron chi connectivity index (χ3n) is 3.17. The summed E-state index contributed by atoms with van der Waals surface area (Å²) in [6, 6.07) is 0.843. The van der Waals surface area contributed by atoms with Crippen LogP contribution in [0.4, 0.5) is 20.4 Å². The summed E-state index contributed by atoms with van der Waals surface area (Å²) in [5.74, 6) is -1.24. The second-order valence-electron chi connectivity index (χ2n) is 5.24. The number of pyridine rings is 1. The van der Waals surface area contributed by atoms with Crippen molar-refractivity contribution < 1.29 is 8.78 Å². The zero-order valence-corrected chi connectivity index (χ0v) is 12.1. The molecule has 0 atom stereocenters. The highest BCUT2D eigenvalue weighted by Crippen LogP contribution is 2.20.